The van der Waals surface area contributed by atoms with Gasteiger partial charge in [-0.1, -0.05) is 0 Å². The molecule has 0 spiro atoms. The van der Waals surface area contributed by atoms with Gasteiger partial charge in [0, 0.05) is 6.54 Å². The van der Waals surface area contributed by atoms with E-state index < -0.39 is 18.5 Å². The van der Waals surface area contributed by atoms with Crippen molar-refractivity contribution in [3.05, 3.63) is 0 Å². The Kier molecular flexibility index (Phi) is 5.84. The quantitative estimate of drug-likeness (QED) is 0.436. The van der Waals surface area contributed by atoms with Gasteiger partial charge in [-0.05, 0) is 6.92 Å². The first-order chi connectivity index (χ1) is 6.56. The van der Waals surface area contributed by atoms with Crippen LogP contribution in [0.15, 0.2) is 0 Å². The molecular weight excluding hydrogens is 190 g/mol. The Labute approximate surface area is 80.9 Å². The van der Waals surface area contributed by atoms with Crippen molar-refractivity contribution in [1.29, 1.82) is 0 Å². The van der Waals surface area contributed by atoms with Crippen LogP contribution in [-0.4, -0.2) is 42.6 Å². The molecule has 0 aromatic carbocycles. The second-order valence-corrected chi connectivity index (χ2v) is 2.38. The summed E-state index contributed by atoms with van der Waals surface area (Å²) >= 11 is 0. The zero-order valence-corrected chi connectivity index (χ0v) is 7.79. The first-order valence-corrected chi connectivity index (χ1v) is 4.06. The lowest BCUT2D eigenvalue weighted by atomic mass is 10.5. The molecule has 0 bridgehead atoms. The molecule has 0 aromatic rings. The average Bonchev–Trinajstić information content (AvgIpc) is 2.12. The van der Waals surface area contributed by atoms with Crippen molar-refractivity contribution in [2.24, 2.45) is 0 Å². The minimum absolute atomic E-state index is 0.167. The fraction of sp³-hybridized carbons (Fsp3) is 0.571. The van der Waals surface area contributed by atoms with Crippen LogP contribution in [0, 0.1) is 0 Å². The molecule has 0 heterocycles. The summed E-state index contributed by atoms with van der Waals surface area (Å²) in [6, 6.07) is -0.682. The zero-order chi connectivity index (χ0) is 11.0. The normalized spacial score (nSPS) is 8.93. The zero-order valence-electron chi connectivity index (χ0n) is 7.79. The van der Waals surface area contributed by atoms with E-state index in [0.717, 1.165) is 0 Å². The number of rotatable bonds is 5. The maximum Gasteiger partial charge on any atom is 0.323 e. The van der Waals surface area contributed by atoms with Gasteiger partial charge in [0.2, 0.25) is 5.91 Å². The van der Waals surface area contributed by atoms with E-state index in [1.807, 2.05) is 5.32 Å². The van der Waals surface area contributed by atoms with Crippen molar-refractivity contribution in [2.45, 2.75) is 6.92 Å². The molecule has 0 atom stereocenters. The Bertz CT molecular complexity index is 229. The van der Waals surface area contributed by atoms with E-state index in [-0.39, 0.29) is 12.5 Å². The standard InChI is InChI=1S/C7H13N3O4/c1-2-8-5(11)3-9-7(14)10-4-6(12)13/h2-4H2,1H3,(H,8,11)(H,12,13)(H2,9,10,14). The third kappa shape index (κ3) is 6.89. The summed E-state index contributed by atoms with van der Waals surface area (Å²) in [5.41, 5.74) is 0. The summed E-state index contributed by atoms with van der Waals surface area (Å²) in [5, 5.41) is 14.9. The first kappa shape index (κ1) is 12.2. The lowest BCUT2D eigenvalue weighted by Crippen LogP contribution is -2.43. The van der Waals surface area contributed by atoms with Gasteiger partial charge >= 0.3 is 12.0 Å². The largest absolute Gasteiger partial charge is 0.480 e. The maximum absolute atomic E-state index is 10.8. The highest BCUT2D eigenvalue weighted by molar-refractivity contribution is 5.85. The molecule has 0 fully saturated rings. The SMILES string of the molecule is CCNC(=O)CNC(=O)NCC(=O)O. The van der Waals surface area contributed by atoms with Crippen molar-refractivity contribution in [1.82, 2.24) is 16.0 Å². The summed E-state index contributed by atoms with van der Waals surface area (Å²) in [6.45, 7) is 1.60. The molecule has 7 nitrogen and oxygen atoms in total. The fourth-order valence-electron chi connectivity index (χ4n) is 0.639. The molecule has 14 heavy (non-hydrogen) atoms. The van der Waals surface area contributed by atoms with E-state index in [4.69, 9.17) is 5.11 Å². The van der Waals surface area contributed by atoms with Gasteiger partial charge in [-0.2, -0.15) is 0 Å². The van der Waals surface area contributed by atoms with E-state index in [1.54, 1.807) is 6.92 Å². The molecular formula is C7H13N3O4. The van der Waals surface area contributed by atoms with Gasteiger partial charge in [0.05, 0.1) is 6.54 Å². The molecule has 0 radical (unpaired) electrons. The van der Waals surface area contributed by atoms with Crippen molar-refractivity contribution in [3.63, 3.8) is 0 Å². The minimum atomic E-state index is -1.14. The first-order valence-electron chi connectivity index (χ1n) is 4.06. The summed E-state index contributed by atoms with van der Waals surface area (Å²) in [7, 11) is 0. The third-order valence-corrected chi connectivity index (χ3v) is 1.18. The van der Waals surface area contributed by atoms with Crippen molar-refractivity contribution in [2.75, 3.05) is 19.6 Å². The molecule has 80 valence electrons. The second-order valence-electron chi connectivity index (χ2n) is 2.38. The van der Waals surface area contributed by atoms with Crippen LogP contribution in [0.4, 0.5) is 4.79 Å². The molecule has 0 unspecified atom stereocenters. The van der Waals surface area contributed by atoms with Crippen molar-refractivity contribution >= 4 is 17.9 Å². The van der Waals surface area contributed by atoms with E-state index >= 15 is 0 Å². The topological polar surface area (TPSA) is 108 Å². The van der Waals surface area contributed by atoms with Crippen LogP contribution in [0.5, 0.6) is 0 Å². The number of carbonyl (C=O) groups is 3. The maximum atomic E-state index is 10.8. The van der Waals surface area contributed by atoms with Gasteiger partial charge in [-0.15, -0.1) is 0 Å². The average molecular weight is 203 g/mol. The minimum Gasteiger partial charge on any atom is -0.480 e. The van der Waals surface area contributed by atoms with E-state index in [1.165, 1.54) is 0 Å². The lowest BCUT2D eigenvalue weighted by Gasteiger charge is -2.05. The number of amides is 3. The number of nitrogens with one attached hydrogen (secondary N) is 3. The number of hydrogen-bond acceptors (Lipinski definition) is 3. The smallest absolute Gasteiger partial charge is 0.323 e. The van der Waals surface area contributed by atoms with Gasteiger partial charge in [-0.25, -0.2) is 4.79 Å². The van der Waals surface area contributed by atoms with Crippen LogP contribution in [0.25, 0.3) is 0 Å². The summed E-state index contributed by atoms with van der Waals surface area (Å²) < 4.78 is 0. The van der Waals surface area contributed by atoms with Crippen LogP contribution in [-0.2, 0) is 9.59 Å². The number of likely N-dealkylation sites (N-methyl/N-ethyl adjacent to an activating group) is 1. The van der Waals surface area contributed by atoms with Gasteiger partial charge in [0.25, 0.3) is 0 Å². The fourth-order valence-corrected chi connectivity index (χ4v) is 0.639. The van der Waals surface area contributed by atoms with E-state index in [2.05, 4.69) is 10.6 Å². The predicted octanol–water partition coefficient (Wildman–Crippen LogP) is -1.49. The number of aliphatic carboxylic acids is 1. The number of carboxylic acid groups (broad SMARTS) is 1. The molecule has 0 aliphatic rings. The van der Waals surface area contributed by atoms with Crippen LogP contribution in [0.1, 0.15) is 6.92 Å². The Morgan fingerprint density at radius 2 is 1.64 bits per heavy atom. The number of hydrogen-bond donors (Lipinski definition) is 4. The molecule has 0 aliphatic heterocycles. The van der Waals surface area contributed by atoms with Crippen LogP contribution in [0.3, 0.4) is 0 Å². The third-order valence-electron chi connectivity index (χ3n) is 1.18. The highest BCUT2D eigenvalue weighted by Gasteiger charge is 2.04. The Morgan fingerprint density at radius 3 is 2.14 bits per heavy atom. The van der Waals surface area contributed by atoms with E-state index in [0.29, 0.717) is 6.54 Å². The van der Waals surface area contributed by atoms with Crippen LogP contribution < -0.4 is 16.0 Å². The molecule has 3 amide bonds. The Hall–Kier alpha value is -1.79. The highest BCUT2D eigenvalue weighted by Crippen LogP contribution is 1.67. The summed E-state index contributed by atoms with van der Waals surface area (Å²) in [5.74, 6) is -1.46. The molecule has 0 saturated heterocycles. The highest BCUT2D eigenvalue weighted by atomic mass is 16.4. The van der Waals surface area contributed by atoms with Gasteiger partial charge < -0.3 is 21.1 Å². The van der Waals surface area contributed by atoms with Crippen LogP contribution in [0.2, 0.25) is 0 Å². The summed E-state index contributed by atoms with van der Waals surface area (Å²) in [6.07, 6.45) is 0. The van der Waals surface area contributed by atoms with Crippen LogP contribution >= 0.6 is 0 Å². The lowest BCUT2D eigenvalue weighted by molar-refractivity contribution is -0.135. The number of carboxylic acids is 1. The molecule has 4 N–H and O–H groups in total. The van der Waals surface area contributed by atoms with Gasteiger partial charge in [-0.3, -0.25) is 9.59 Å². The monoisotopic (exact) mass is 203 g/mol. The van der Waals surface area contributed by atoms with Gasteiger partial charge in [0.1, 0.15) is 6.54 Å². The molecule has 0 aromatic heterocycles. The second kappa shape index (κ2) is 6.70. The van der Waals surface area contributed by atoms with Gasteiger partial charge in [0.15, 0.2) is 0 Å². The molecule has 0 rings (SSSR count). The number of carbonyl (C=O) groups excluding carboxylic acids is 2. The number of urea groups is 1. The molecule has 0 aliphatic carbocycles. The molecule has 7 heteroatoms. The predicted molar refractivity (Wildman–Crippen MR) is 47.7 cm³/mol. The van der Waals surface area contributed by atoms with E-state index in [9.17, 15) is 14.4 Å². The Morgan fingerprint density at radius 1 is 1.07 bits per heavy atom. The Balaban J connectivity index is 3.53. The van der Waals surface area contributed by atoms with Crippen molar-refractivity contribution in [3.8, 4) is 0 Å². The van der Waals surface area contributed by atoms with Crippen molar-refractivity contribution < 1.29 is 19.5 Å². The summed E-state index contributed by atoms with van der Waals surface area (Å²) in [4.78, 5) is 31.6. The molecule has 0 saturated carbocycles.